The molecule has 23 heavy (non-hydrogen) atoms. The van der Waals surface area contributed by atoms with Crippen molar-refractivity contribution >= 4 is 15.9 Å². The Balaban J connectivity index is 1.87. The van der Waals surface area contributed by atoms with Gasteiger partial charge in [0, 0.05) is 32.1 Å². The topological polar surface area (TPSA) is 78.5 Å². The van der Waals surface area contributed by atoms with Gasteiger partial charge < -0.3 is 10.2 Å². The summed E-state index contributed by atoms with van der Waals surface area (Å²) in [5.41, 5.74) is 0. The Morgan fingerprint density at radius 2 is 2.13 bits per heavy atom. The Kier molecular flexibility index (Phi) is 6.09. The number of carbonyl (C=O) groups excluding carboxylic acids is 1. The van der Waals surface area contributed by atoms with E-state index in [4.69, 9.17) is 0 Å². The van der Waals surface area contributed by atoms with E-state index in [0.29, 0.717) is 13.1 Å². The molecule has 0 spiro atoms. The molecule has 2 N–H and O–H groups in total. The number of hydrogen-bond donors (Lipinski definition) is 2. The zero-order chi connectivity index (χ0) is 16.9. The summed E-state index contributed by atoms with van der Waals surface area (Å²) < 4.78 is 39.9. The summed E-state index contributed by atoms with van der Waals surface area (Å²) in [7, 11) is -2.08. The van der Waals surface area contributed by atoms with Crippen LogP contribution in [-0.2, 0) is 14.8 Å². The van der Waals surface area contributed by atoms with Crippen molar-refractivity contribution in [3.63, 3.8) is 0 Å². The molecule has 8 heteroatoms. The summed E-state index contributed by atoms with van der Waals surface area (Å²) in [6, 6.07) is 5.44. The maximum Gasteiger partial charge on any atom is 0.243 e. The number of halogens is 1. The molecule has 1 aromatic carbocycles. The fourth-order valence-corrected chi connectivity index (χ4v) is 3.74. The van der Waals surface area contributed by atoms with Crippen LogP contribution in [0, 0.1) is 5.82 Å². The van der Waals surface area contributed by atoms with Crippen molar-refractivity contribution in [2.75, 3.05) is 26.7 Å². The number of amides is 1. The molecular weight excluding hydrogens is 321 g/mol. The molecule has 0 aliphatic carbocycles. The Morgan fingerprint density at radius 1 is 1.39 bits per heavy atom. The summed E-state index contributed by atoms with van der Waals surface area (Å²) in [6.07, 6.45) is 2.02. The molecule has 0 radical (unpaired) electrons. The largest absolute Gasteiger partial charge is 0.341 e. The maximum atomic E-state index is 13.5. The van der Waals surface area contributed by atoms with Crippen molar-refractivity contribution in [2.45, 2.75) is 30.2 Å². The average molecular weight is 343 g/mol. The minimum Gasteiger partial charge on any atom is -0.341 e. The summed E-state index contributed by atoms with van der Waals surface area (Å²) in [5, 5.41) is 3.15. The van der Waals surface area contributed by atoms with Crippen molar-refractivity contribution in [1.29, 1.82) is 0 Å². The lowest BCUT2D eigenvalue weighted by Gasteiger charge is -2.32. The predicted molar refractivity (Wildman–Crippen MR) is 84.9 cm³/mol. The molecule has 1 fully saturated rings. The van der Waals surface area contributed by atoms with Gasteiger partial charge in [0.05, 0.1) is 0 Å². The standard InChI is InChI=1S/C15H22FN3O3S/c1-17-12-5-4-10-19(11-12)15(20)8-9-18-23(21,22)14-7-3-2-6-13(14)16/h2-3,6-7,12,17-18H,4-5,8-11H2,1H3. The third-order valence-electron chi connectivity index (χ3n) is 3.94. The Bertz CT molecular complexity index is 651. The fraction of sp³-hybridized carbons (Fsp3) is 0.533. The van der Waals surface area contributed by atoms with Gasteiger partial charge in [0.2, 0.25) is 15.9 Å². The van der Waals surface area contributed by atoms with Gasteiger partial charge in [0.1, 0.15) is 10.7 Å². The van der Waals surface area contributed by atoms with Gasteiger partial charge >= 0.3 is 0 Å². The molecule has 0 aromatic heterocycles. The number of carbonyl (C=O) groups is 1. The van der Waals surface area contributed by atoms with Gasteiger partial charge in [-0.25, -0.2) is 17.5 Å². The van der Waals surface area contributed by atoms with Crippen LogP contribution in [0.1, 0.15) is 19.3 Å². The molecular formula is C15H22FN3O3S. The molecule has 1 aliphatic rings. The SMILES string of the molecule is CNC1CCCN(C(=O)CCNS(=O)(=O)c2ccccc2F)C1. The summed E-state index contributed by atoms with van der Waals surface area (Å²) in [4.78, 5) is 13.5. The van der Waals surface area contributed by atoms with Crippen molar-refractivity contribution in [1.82, 2.24) is 14.9 Å². The molecule has 128 valence electrons. The van der Waals surface area contributed by atoms with Crippen LogP contribution >= 0.6 is 0 Å². The van der Waals surface area contributed by atoms with E-state index >= 15 is 0 Å². The number of sulfonamides is 1. The lowest BCUT2D eigenvalue weighted by atomic mass is 10.1. The van der Waals surface area contributed by atoms with Crippen LogP contribution in [0.15, 0.2) is 29.2 Å². The number of piperidine rings is 1. The van der Waals surface area contributed by atoms with E-state index in [2.05, 4.69) is 10.0 Å². The van der Waals surface area contributed by atoms with Gasteiger partial charge in [-0.2, -0.15) is 0 Å². The van der Waals surface area contributed by atoms with Gasteiger partial charge in [-0.1, -0.05) is 12.1 Å². The van der Waals surface area contributed by atoms with E-state index in [9.17, 15) is 17.6 Å². The van der Waals surface area contributed by atoms with E-state index in [1.165, 1.54) is 18.2 Å². The molecule has 6 nitrogen and oxygen atoms in total. The van der Waals surface area contributed by atoms with Crippen molar-refractivity contribution in [2.24, 2.45) is 0 Å². The molecule has 2 rings (SSSR count). The lowest BCUT2D eigenvalue weighted by Crippen LogP contribution is -2.47. The van der Waals surface area contributed by atoms with Crippen LogP contribution in [0.25, 0.3) is 0 Å². The van der Waals surface area contributed by atoms with Crippen molar-refractivity contribution < 1.29 is 17.6 Å². The molecule has 1 saturated heterocycles. The van der Waals surface area contributed by atoms with Crippen molar-refractivity contribution in [3.05, 3.63) is 30.1 Å². The summed E-state index contributed by atoms with van der Waals surface area (Å²) in [6.45, 7) is 1.28. The van der Waals surface area contributed by atoms with Crippen LogP contribution in [-0.4, -0.2) is 51.9 Å². The Labute approximate surface area is 136 Å². The minimum atomic E-state index is -3.94. The highest BCUT2D eigenvalue weighted by atomic mass is 32.2. The maximum absolute atomic E-state index is 13.5. The first-order valence-electron chi connectivity index (χ1n) is 7.63. The average Bonchev–Trinajstić information content (AvgIpc) is 2.55. The summed E-state index contributed by atoms with van der Waals surface area (Å²) >= 11 is 0. The number of nitrogens with zero attached hydrogens (tertiary/aromatic N) is 1. The molecule has 0 bridgehead atoms. The second-order valence-corrected chi connectivity index (χ2v) is 7.28. The monoisotopic (exact) mass is 343 g/mol. The van der Waals surface area contributed by atoms with Gasteiger partial charge in [-0.3, -0.25) is 4.79 Å². The second kappa shape index (κ2) is 7.85. The quantitative estimate of drug-likeness (QED) is 0.797. The summed E-state index contributed by atoms with van der Waals surface area (Å²) in [5.74, 6) is -0.902. The minimum absolute atomic E-state index is 0.0454. The first kappa shape index (κ1) is 17.8. The van der Waals surface area contributed by atoms with Gasteiger partial charge in [0.15, 0.2) is 0 Å². The van der Waals surface area contributed by atoms with Gasteiger partial charge in [-0.15, -0.1) is 0 Å². The van der Waals surface area contributed by atoms with Crippen LogP contribution in [0.2, 0.25) is 0 Å². The molecule has 1 atom stereocenters. The molecule has 1 aliphatic heterocycles. The van der Waals surface area contributed by atoms with E-state index in [1.807, 2.05) is 7.05 Å². The van der Waals surface area contributed by atoms with Crippen LogP contribution in [0.4, 0.5) is 4.39 Å². The van der Waals surface area contributed by atoms with E-state index in [0.717, 1.165) is 18.9 Å². The Morgan fingerprint density at radius 3 is 2.83 bits per heavy atom. The van der Waals surface area contributed by atoms with Gasteiger partial charge in [-0.05, 0) is 32.0 Å². The smallest absolute Gasteiger partial charge is 0.243 e. The lowest BCUT2D eigenvalue weighted by molar-refractivity contribution is -0.132. The first-order valence-corrected chi connectivity index (χ1v) is 9.11. The molecule has 1 heterocycles. The number of likely N-dealkylation sites (tertiary alicyclic amines) is 1. The zero-order valence-corrected chi connectivity index (χ0v) is 13.9. The van der Waals surface area contributed by atoms with Crippen LogP contribution in [0.3, 0.4) is 0 Å². The highest BCUT2D eigenvalue weighted by Crippen LogP contribution is 2.14. The third kappa shape index (κ3) is 4.73. The zero-order valence-electron chi connectivity index (χ0n) is 13.1. The van der Waals surface area contributed by atoms with Gasteiger partial charge in [0.25, 0.3) is 0 Å². The molecule has 1 unspecified atom stereocenters. The fourth-order valence-electron chi connectivity index (χ4n) is 2.63. The Hall–Kier alpha value is -1.51. The number of likely N-dealkylation sites (N-methyl/N-ethyl adjacent to an activating group) is 1. The second-order valence-electron chi connectivity index (χ2n) is 5.55. The highest BCUT2D eigenvalue weighted by molar-refractivity contribution is 7.89. The molecule has 1 amide bonds. The van der Waals surface area contributed by atoms with E-state index in [-0.39, 0.29) is 24.9 Å². The number of benzene rings is 1. The highest BCUT2D eigenvalue weighted by Gasteiger charge is 2.23. The van der Waals surface area contributed by atoms with Crippen LogP contribution in [0.5, 0.6) is 0 Å². The normalized spacial score (nSPS) is 18.9. The third-order valence-corrected chi connectivity index (χ3v) is 5.43. The number of nitrogens with one attached hydrogen (secondary N) is 2. The number of hydrogen-bond acceptors (Lipinski definition) is 4. The van der Waals surface area contributed by atoms with Crippen molar-refractivity contribution in [3.8, 4) is 0 Å². The molecule has 1 aromatic rings. The van der Waals surface area contributed by atoms with E-state index in [1.54, 1.807) is 4.90 Å². The van der Waals surface area contributed by atoms with Crippen LogP contribution < -0.4 is 10.0 Å². The first-order chi connectivity index (χ1) is 10.9. The predicted octanol–water partition coefficient (Wildman–Crippen LogP) is 0.704. The molecule has 0 saturated carbocycles. The number of rotatable bonds is 6. The van der Waals surface area contributed by atoms with E-state index < -0.39 is 20.7 Å².